The fraction of sp³-hybridized carbons (Fsp3) is 0.115. The first kappa shape index (κ1) is 21.1. The maximum Gasteiger partial charge on any atom is 0.263 e. The summed E-state index contributed by atoms with van der Waals surface area (Å²) in [6, 6.07) is 22.8. The average Bonchev–Trinajstić information content (AvgIpc) is 3.62. The molecule has 0 fully saturated rings. The predicted molar refractivity (Wildman–Crippen MR) is 122 cm³/mol. The predicted octanol–water partition coefficient (Wildman–Crippen LogP) is 5.46. The molecule has 0 aliphatic heterocycles. The van der Waals surface area contributed by atoms with Gasteiger partial charge < -0.3 is 18.3 Å². The molecule has 5 rings (SSSR count). The second-order valence-electron chi connectivity index (χ2n) is 7.46. The molecule has 168 valence electrons. The van der Waals surface area contributed by atoms with Crippen LogP contribution in [0.15, 0.2) is 88.0 Å². The van der Waals surface area contributed by atoms with Crippen LogP contribution in [0.2, 0.25) is 0 Å². The van der Waals surface area contributed by atoms with E-state index >= 15 is 0 Å². The topological polar surface area (TPSA) is 99.2 Å². The second kappa shape index (κ2) is 9.38. The van der Waals surface area contributed by atoms with Gasteiger partial charge in [0.25, 0.3) is 11.8 Å². The van der Waals surface area contributed by atoms with Crippen LogP contribution in [-0.2, 0) is 13.2 Å². The number of oxazole rings is 1. The van der Waals surface area contributed by atoms with Crippen molar-refractivity contribution in [2.75, 3.05) is 0 Å². The monoisotopic (exact) mass is 452 g/mol. The first-order valence-corrected chi connectivity index (χ1v) is 10.6. The Morgan fingerprint density at radius 3 is 2.53 bits per heavy atom. The Bertz CT molecular complexity index is 1410. The van der Waals surface area contributed by atoms with E-state index in [-0.39, 0.29) is 13.2 Å². The lowest BCUT2D eigenvalue weighted by Crippen LogP contribution is -2.00. The van der Waals surface area contributed by atoms with E-state index in [4.69, 9.17) is 18.3 Å². The van der Waals surface area contributed by atoms with E-state index < -0.39 is 0 Å². The van der Waals surface area contributed by atoms with Crippen molar-refractivity contribution in [3.8, 4) is 35.0 Å². The zero-order valence-corrected chi connectivity index (χ0v) is 18.3. The molecule has 0 saturated heterocycles. The Balaban J connectivity index is 1.20. The van der Waals surface area contributed by atoms with Crippen molar-refractivity contribution in [1.29, 1.82) is 5.26 Å². The zero-order valence-electron chi connectivity index (χ0n) is 18.3. The molecule has 3 aromatic heterocycles. The fourth-order valence-electron chi connectivity index (χ4n) is 3.31. The smallest absolute Gasteiger partial charge is 0.263 e. The normalized spacial score (nSPS) is 10.7. The highest BCUT2D eigenvalue weighted by molar-refractivity contribution is 5.45. The molecule has 0 spiro atoms. The van der Waals surface area contributed by atoms with Crippen LogP contribution in [0.25, 0.3) is 17.3 Å². The van der Waals surface area contributed by atoms with Crippen LogP contribution in [0, 0.1) is 18.3 Å². The number of ether oxygens (including phenoxy) is 2. The highest BCUT2D eigenvalue weighted by Gasteiger charge is 2.14. The summed E-state index contributed by atoms with van der Waals surface area (Å²) in [5.74, 6) is 2.67. The molecule has 5 aromatic rings. The molecule has 3 heterocycles. The first-order valence-electron chi connectivity index (χ1n) is 10.6. The van der Waals surface area contributed by atoms with Crippen molar-refractivity contribution in [2.24, 2.45) is 0 Å². The van der Waals surface area contributed by atoms with Crippen molar-refractivity contribution in [1.82, 2.24) is 14.8 Å². The number of benzene rings is 2. The quantitative estimate of drug-likeness (QED) is 0.308. The molecular weight excluding hydrogens is 432 g/mol. The number of rotatable bonds is 8. The molecule has 34 heavy (non-hydrogen) atoms. The standard InChI is InChI=1S/C26H20N4O4/c1-18-23(28-26(34-18)24-8-5-13-31-24)17-32-22-11-9-19(10-12-22)16-33-25-20(14-27)15-30(29-25)21-6-3-2-4-7-21/h2-13,15H,16-17H2,1H3. The minimum absolute atomic E-state index is 0.272. The molecule has 0 radical (unpaired) electrons. The maximum atomic E-state index is 9.42. The summed E-state index contributed by atoms with van der Waals surface area (Å²) in [6.07, 6.45) is 3.23. The summed E-state index contributed by atoms with van der Waals surface area (Å²) in [7, 11) is 0. The van der Waals surface area contributed by atoms with Crippen molar-refractivity contribution in [2.45, 2.75) is 20.1 Å². The number of hydrogen-bond acceptors (Lipinski definition) is 7. The van der Waals surface area contributed by atoms with Crippen molar-refractivity contribution < 1.29 is 18.3 Å². The number of para-hydroxylation sites is 1. The van der Waals surface area contributed by atoms with Gasteiger partial charge in [0.05, 0.1) is 18.1 Å². The minimum Gasteiger partial charge on any atom is -0.487 e. The van der Waals surface area contributed by atoms with E-state index in [1.807, 2.05) is 61.5 Å². The lowest BCUT2D eigenvalue weighted by Gasteiger charge is -2.07. The third-order valence-corrected chi connectivity index (χ3v) is 5.12. The van der Waals surface area contributed by atoms with Crippen molar-refractivity contribution in [3.63, 3.8) is 0 Å². The van der Waals surface area contributed by atoms with Gasteiger partial charge >= 0.3 is 0 Å². The number of hydrogen-bond donors (Lipinski definition) is 0. The van der Waals surface area contributed by atoms with Crippen LogP contribution in [0.4, 0.5) is 0 Å². The van der Waals surface area contributed by atoms with Crippen LogP contribution in [0.3, 0.4) is 0 Å². The number of nitrogens with zero attached hydrogens (tertiary/aromatic N) is 4. The number of nitriles is 1. The maximum absolute atomic E-state index is 9.42. The fourth-order valence-corrected chi connectivity index (χ4v) is 3.31. The van der Waals surface area contributed by atoms with E-state index in [0.717, 1.165) is 11.3 Å². The molecule has 0 bridgehead atoms. The zero-order chi connectivity index (χ0) is 23.3. The van der Waals surface area contributed by atoms with Crippen LogP contribution in [-0.4, -0.2) is 14.8 Å². The van der Waals surface area contributed by atoms with Gasteiger partial charge in [0, 0.05) is 0 Å². The summed E-state index contributed by atoms with van der Waals surface area (Å²) in [5.41, 5.74) is 2.86. The van der Waals surface area contributed by atoms with Gasteiger partial charge in [-0.2, -0.15) is 5.26 Å². The molecular formula is C26H20N4O4. The van der Waals surface area contributed by atoms with Gasteiger partial charge in [-0.05, 0) is 48.9 Å². The summed E-state index contributed by atoms with van der Waals surface area (Å²) in [6.45, 7) is 2.39. The van der Waals surface area contributed by atoms with E-state index in [1.165, 1.54) is 0 Å². The molecule has 8 heteroatoms. The lowest BCUT2D eigenvalue weighted by molar-refractivity contribution is 0.288. The van der Waals surface area contributed by atoms with Gasteiger partial charge in [0.15, 0.2) is 5.76 Å². The average molecular weight is 452 g/mol. The van der Waals surface area contributed by atoms with Gasteiger partial charge in [0.2, 0.25) is 0 Å². The lowest BCUT2D eigenvalue weighted by atomic mass is 10.2. The SMILES string of the molecule is Cc1oc(-c2ccco2)nc1COc1ccc(COc2nn(-c3ccccc3)cc2C#N)cc1. The highest BCUT2D eigenvalue weighted by atomic mass is 16.5. The summed E-state index contributed by atoms with van der Waals surface area (Å²) >= 11 is 0. The molecule has 0 aliphatic rings. The van der Waals surface area contributed by atoms with Crippen molar-refractivity contribution >= 4 is 0 Å². The molecule has 0 aliphatic carbocycles. The molecule has 0 amide bonds. The third kappa shape index (κ3) is 4.54. The Morgan fingerprint density at radius 2 is 1.79 bits per heavy atom. The summed E-state index contributed by atoms with van der Waals surface area (Å²) in [4.78, 5) is 4.45. The Morgan fingerprint density at radius 1 is 0.971 bits per heavy atom. The van der Waals surface area contributed by atoms with E-state index in [1.54, 1.807) is 29.3 Å². The highest BCUT2D eigenvalue weighted by Crippen LogP contribution is 2.24. The Labute approximate surface area is 195 Å². The minimum atomic E-state index is 0.272. The number of furan rings is 1. The largest absolute Gasteiger partial charge is 0.487 e. The van der Waals surface area contributed by atoms with E-state index in [0.29, 0.717) is 40.3 Å². The summed E-state index contributed by atoms with van der Waals surface area (Å²) in [5, 5.41) is 13.8. The molecule has 8 nitrogen and oxygen atoms in total. The third-order valence-electron chi connectivity index (χ3n) is 5.12. The Hall–Kier alpha value is -4.77. The van der Waals surface area contributed by atoms with Crippen LogP contribution < -0.4 is 9.47 Å². The van der Waals surface area contributed by atoms with Gasteiger partial charge in [-0.25, -0.2) is 9.67 Å². The first-order chi connectivity index (χ1) is 16.7. The van der Waals surface area contributed by atoms with E-state index in [2.05, 4.69) is 16.2 Å². The van der Waals surface area contributed by atoms with Crippen LogP contribution in [0.1, 0.15) is 22.6 Å². The van der Waals surface area contributed by atoms with Gasteiger partial charge in [-0.3, -0.25) is 0 Å². The summed E-state index contributed by atoms with van der Waals surface area (Å²) < 4.78 is 24.3. The molecule has 0 atom stereocenters. The number of aryl methyl sites for hydroxylation is 1. The van der Waals surface area contributed by atoms with Gasteiger partial charge in [-0.1, -0.05) is 30.3 Å². The number of aromatic nitrogens is 3. The second-order valence-corrected chi connectivity index (χ2v) is 7.46. The van der Waals surface area contributed by atoms with Crippen LogP contribution in [0.5, 0.6) is 11.6 Å². The Kier molecular flexibility index (Phi) is 5.82. The molecule has 2 aromatic carbocycles. The molecule has 0 saturated carbocycles. The van der Waals surface area contributed by atoms with Gasteiger partial charge in [0.1, 0.15) is 42.1 Å². The van der Waals surface area contributed by atoms with Gasteiger partial charge in [-0.15, -0.1) is 5.10 Å². The molecule has 0 N–H and O–H groups in total. The molecule has 0 unspecified atom stereocenters. The van der Waals surface area contributed by atoms with Crippen LogP contribution >= 0.6 is 0 Å². The van der Waals surface area contributed by atoms with E-state index in [9.17, 15) is 5.26 Å². The van der Waals surface area contributed by atoms with Crippen molar-refractivity contribution in [3.05, 3.63) is 102 Å².